The van der Waals surface area contributed by atoms with E-state index >= 15 is 0 Å². The van der Waals surface area contributed by atoms with Crippen molar-refractivity contribution in [3.8, 4) is 17.1 Å². The van der Waals surface area contributed by atoms with Gasteiger partial charge < -0.3 is 19.1 Å². The van der Waals surface area contributed by atoms with Crippen molar-refractivity contribution in [1.29, 1.82) is 0 Å². The van der Waals surface area contributed by atoms with Crippen molar-refractivity contribution in [2.75, 3.05) is 24.5 Å². The number of amides is 1. The average Bonchev–Trinajstić information content (AvgIpc) is 3.19. The van der Waals surface area contributed by atoms with E-state index in [2.05, 4.69) is 10.1 Å². The lowest BCUT2D eigenvalue weighted by Gasteiger charge is -2.38. The first-order chi connectivity index (χ1) is 15.6. The molecule has 6 nitrogen and oxygen atoms in total. The molecule has 32 heavy (non-hydrogen) atoms. The molecular weight excluding hydrogens is 409 g/mol. The fraction of sp³-hybridized carbons (Fsp3) is 0.360. The normalized spacial score (nSPS) is 18.2. The van der Waals surface area contributed by atoms with E-state index in [1.165, 1.54) is 18.6 Å². The van der Waals surface area contributed by atoms with E-state index < -0.39 is 6.10 Å². The van der Waals surface area contributed by atoms with E-state index in [0.717, 1.165) is 48.4 Å². The number of ether oxygens (including phenoxy) is 1. The molecule has 2 aliphatic rings. The lowest BCUT2D eigenvalue weighted by Crippen LogP contribution is -2.51. The first-order valence-electron chi connectivity index (χ1n) is 11.1. The van der Waals surface area contributed by atoms with Crippen molar-refractivity contribution < 1.29 is 18.4 Å². The Morgan fingerprint density at radius 1 is 1.09 bits per heavy atom. The lowest BCUT2D eigenvalue weighted by molar-refractivity contribution is -0.139. The highest BCUT2D eigenvalue weighted by Crippen LogP contribution is 2.36. The fourth-order valence-electron chi connectivity index (χ4n) is 4.47. The van der Waals surface area contributed by atoms with E-state index in [9.17, 15) is 9.18 Å². The number of hydrogen-bond donors (Lipinski definition) is 0. The predicted molar refractivity (Wildman–Crippen MR) is 119 cm³/mol. The van der Waals surface area contributed by atoms with Crippen LogP contribution in [-0.4, -0.2) is 41.7 Å². The molecule has 7 heteroatoms. The van der Waals surface area contributed by atoms with Crippen LogP contribution >= 0.6 is 0 Å². The maximum atomic E-state index is 13.3. The zero-order valence-electron chi connectivity index (χ0n) is 18.1. The van der Waals surface area contributed by atoms with Crippen LogP contribution in [0.4, 0.5) is 10.1 Å². The largest absolute Gasteiger partial charge is 0.477 e. The summed E-state index contributed by atoms with van der Waals surface area (Å²) in [6.07, 6.45) is 2.71. The highest BCUT2D eigenvalue weighted by atomic mass is 19.1. The summed E-state index contributed by atoms with van der Waals surface area (Å²) in [5.41, 5.74) is 3.40. The smallest absolute Gasteiger partial charge is 0.265 e. The lowest BCUT2D eigenvalue weighted by atomic mass is 10.1. The number of aromatic nitrogens is 1. The van der Waals surface area contributed by atoms with E-state index in [1.54, 1.807) is 12.1 Å². The van der Waals surface area contributed by atoms with E-state index in [1.807, 2.05) is 36.1 Å². The molecule has 0 saturated carbocycles. The van der Waals surface area contributed by atoms with Gasteiger partial charge in [0, 0.05) is 24.2 Å². The van der Waals surface area contributed by atoms with Crippen molar-refractivity contribution in [2.45, 2.75) is 38.8 Å². The number of fused-ring (bicyclic) bond motifs is 1. The molecule has 1 saturated heterocycles. The Labute approximate surface area is 186 Å². The maximum absolute atomic E-state index is 13.3. The minimum Gasteiger partial charge on any atom is -0.477 e. The van der Waals surface area contributed by atoms with Gasteiger partial charge in [-0.25, -0.2) is 4.39 Å². The molecular formula is C25H26FN3O3. The zero-order valence-corrected chi connectivity index (χ0v) is 18.1. The Balaban J connectivity index is 1.40. The van der Waals surface area contributed by atoms with Crippen molar-refractivity contribution in [3.05, 3.63) is 65.6 Å². The van der Waals surface area contributed by atoms with Gasteiger partial charge in [-0.15, -0.1) is 0 Å². The number of piperidine rings is 1. The number of carbonyl (C=O) groups is 1. The highest BCUT2D eigenvalue weighted by Gasteiger charge is 2.34. The number of anilines is 1. The molecule has 0 radical (unpaired) electrons. The molecule has 166 valence electrons. The van der Waals surface area contributed by atoms with Crippen molar-refractivity contribution in [2.24, 2.45) is 0 Å². The number of rotatable bonds is 4. The molecule has 0 bridgehead atoms. The third-order valence-corrected chi connectivity index (χ3v) is 6.27. The van der Waals surface area contributed by atoms with E-state index in [4.69, 9.17) is 9.26 Å². The Bertz CT molecular complexity index is 1110. The summed E-state index contributed by atoms with van der Waals surface area (Å²) in [6, 6.07) is 14.0. The fourth-order valence-corrected chi connectivity index (χ4v) is 4.47. The van der Waals surface area contributed by atoms with Crippen LogP contribution in [-0.2, 0) is 11.3 Å². The Morgan fingerprint density at radius 2 is 1.84 bits per heavy atom. The second-order valence-corrected chi connectivity index (χ2v) is 8.43. The summed E-state index contributed by atoms with van der Waals surface area (Å²) in [6.45, 7) is 4.48. The predicted octanol–water partition coefficient (Wildman–Crippen LogP) is 4.57. The van der Waals surface area contributed by atoms with Crippen LogP contribution in [0.1, 0.15) is 30.5 Å². The van der Waals surface area contributed by atoms with Gasteiger partial charge in [0.05, 0.1) is 18.8 Å². The Morgan fingerprint density at radius 3 is 2.62 bits per heavy atom. The second kappa shape index (κ2) is 8.65. The monoisotopic (exact) mass is 435 g/mol. The summed E-state index contributed by atoms with van der Waals surface area (Å²) in [4.78, 5) is 17.2. The minimum atomic E-state index is -0.549. The van der Waals surface area contributed by atoms with E-state index in [0.29, 0.717) is 24.6 Å². The van der Waals surface area contributed by atoms with Crippen LogP contribution in [0.5, 0.6) is 5.75 Å². The van der Waals surface area contributed by atoms with Crippen molar-refractivity contribution in [3.63, 3.8) is 0 Å². The summed E-state index contributed by atoms with van der Waals surface area (Å²) >= 11 is 0. The highest BCUT2D eigenvalue weighted by molar-refractivity contribution is 5.83. The first kappa shape index (κ1) is 20.5. The van der Waals surface area contributed by atoms with E-state index in [-0.39, 0.29) is 11.7 Å². The van der Waals surface area contributed by atoms with Gasteiger partial charge in [0.25, 0.3) is 5.91 Å². The quantitative estimate of drug-likeness (QED) is 0.601. The van der Waals surface area contributed by atoms with Crippen LogP contribution in [0.2, 0.25) is 0 Å². The van der Waals surface area contributed by atoms with Crippen LogP contribution in [0.15, 0.2) is 53.1 Å². The molecule has 5 rings (SSSR count). The number of halogens is 1. The first-order valence-corrected chi connectivity index (χ1v) is 11.1. The van der Waals surface area contributed by atoms with Crippen LogP contribution in [0, 0.1) is 12.7 Å². The average molecular weight is 435 g/mol. The van der Waals surface area contributed by atoms with Crippen molar-refractivity contribution in [1.82, 2.24) is 10.1 Å². The second-order valence-electron chi connectivity index (χ2n) is 8.43. The number of benzene rings is 2. The van der Waals surface area contributed by atoms with Gasteiger partial charge in [-0.3, -0.25) is 4.79 Å². The SMILES string of the molecule is Cc1c(CN2C[C@@H](C(=O)N3CCCCC3)Oc3ccccc32)noc1-c1ccc(F)cc1. The van der Waals surface area contributed by atoms with Crippen LogP contribution < -0.4 is 9.64 Å². The maximum Gasteiger partial charge on any atom is 0.265 e. The van der Waals surface area contributed by atoms with Gasteiger partial charge in [-0.05, 0) is 62.6 Å². The van der Waals surface area contributed by atoms with Gasteiger partial charge in [0.15, 0.2) is 11.9 Å². The number of likely N-dealkylation sites (tertiary alicyclic amines) is 1. The van der Waals surface area contributed by atoms with Gasteiger partial charge in [-0.1, -0.05) is 17.3 Å². The number of para-hydroxylation sites is 2. The molecule has 0 N–H and O–H groups in total. The minimum absolute atomic E-state index is 0.0491. The number of hydrogen-bond acceptors (Lipinski definition) is 5. The third kappa shape index (κ3) is 3.95. The van der Waals surface area contributed by atoms with Crippen LogP contribution in [0.25, 0.3) is 11.3 Å². The molecule has 1 aromatic heterocycles. The molecule has 0 aliphatic carbocycles. The molecule has 2 aromatic carbocycles. The molecule has 0 spiro atoms. The standard InChI is InChI=1S/C25H26FN3O3/c1-17-20(27-32-24(17)18-9-11-19(26)12-10-18)15-29-16-23(25(30)28-13-5-2-6-14-28)31-22-8-4-3-7-21(22)29/h3-4,7-12,23H,2,5-6,13-16H2,1H3/t23-/m0/s1. The van der Waals surface area contributed by atoms with Crippen LogP contribution in [0.3, 0.4) is 0 Å². The molecule has 3 aromatic rings. The molecule has 1 atom stereocenters. The third-order valence-electron chi connectivity index (χ3n) is 6.27. The summed E-state index contributed by atoms with van der Waals surface area (Å²) < 4.78 is 25.0. The van der Waals surface area contributed by atoms with Gasteiger partial charge in [0.1, 0.15) is 17.3 Å². The molecule has 2 aliphatic heterocycles. The van der Waals surface area contributed by atoms with Gasteiger partial charge >= 0.3 is 0 Å². The molecule has 1 fully saturated rings. The summed E-state index contributed by atoms with van der Waals surface area (Å²) in [5.74, 6) is 1.09. The summed E-state index contributed by atoms with van der Waals surface area (Å²) in [5, 5.41) is 4.29. The number of carbonyl (C=O) groups excluding carboxylic acids is 1. The topological polar surface area (TPSA) is 58.8 Å². The van der Waals surface area contributed by atoms with Crippen molar-refractivity contribution >= 4 is 11.6 Å². The number of nitrogens with zero attached hydrogens (tertiary/aromatic N) is 3. The van der Waals surface area contributed by atoms with Gasteiger partial charge in [0.2, 0.25) is 0 Å². The summed E-state index contributed by atoms with van der Waals surface area (Å²) in [7, 11) is 0. The Kier molecular flexibility index (Phi) is 5.55. The molecule has 0 unspecified atom stereocenters. The molecule has 3 heterocycles. The molecule has 1 amide bonds. The Hall–Kier alpha value is -3.35. The zero-order chi connectivity index (χ0) is 22.1. The van der Waals surface area contributed by atoms with Gasteiger partial charge in [-0.2, -0.15) is 0 Å².